The first kappa shape index (κ1) is 21.2. The molecule has 2 aromatic carbocycles. The molecule has 0 saturated carbocycles. The van der Waals surface area contributed by atoms with Gasteiger partial charge in [-0.3, -0.25) is 0 Å². The summed E-state index contributed by atoms with van der Waals surface area (Å²) in [6, 6.07) is 9.39. The van der Waals surface area contributed by atoms with Crippen LogP contribution in [0.3, 0.4) is 0 Å². The molecular formula is C18H17Cl2NO5S. The smallest absolute Gasteiger partial charge is 0.331 e. The van der Waals surface area contributed by atoms with Gasteiger partial charge >= 0.3 is 5.97 Å². The van der Waals surface area contributed by atoms with Gasteiger partial charge in [0, 0.05) is 21.7 Å². The zero-order chi connectivity index (χ0) is 20.0. The van der Waals surface area contributed by atoms with E-state index in [1.807, 2.05) is 0 Å². The van der Waals surface area contributed by atoms with Crippen LogP contribution in [0.15, 0.2) is 47.4 Å². The van der Waals surface area contributed by atoms with Crippen LogP contribution in [0.4, 0.5) is 0 Å². The van der Waals surface area contributed by atoms with Crippen LogP contribution in [0.25, 0.3) is 6.08 Å². The Kier molecular flexibility index (Phi) is 7.26. The summed E-state index contributed by atoms with van der Waals surface area (Å²) in [4.78, 5) is 11.9. The van der Waals surface area contributed by atoms with Gasteiger partial charge in [-0.15, -0.1) is 0 Å². The van der Waals surface area contributed by atoms with E-state index in [9.17, 15) is 13.2 Å². The third-order valence-corrected chi connectivity index (χ3v) is 5.57. The van der Waals surface area contributed by atoms with E-state index in [4.69, 9.17) is 32.7 Å². The predicted molar refractivity (Wildman–Crippen MR) is 105 cm³/mol. The summed E-state index contributed by atoms with van der Waals surface area (Å²) in [5.74, 6) is -0.406. The van der Waals surface area contributed by atoms with E-state index in [1.54, 1.807) is 24.3 Å². The molecule has 6 nitrogen and oxygen atoms in total. The summed E-state index contributed by atoms with van der Waals surface area (Å²) in [7, 11) is -1.03. The van der Waals surface area contributed by atoms with E-state index in [1.165, 1.54) is 38.4 Å². The average Bonchev–Trinajstić information content (AvgIpc) is 2.65. The molecule has 144 valence electrons. The Morgan fingerprint density at radius 2 is 1.93 bits per heavy atom. The molecule has 9 heteroatoms. The molecule has 0 unspecified atom stereocenters. The molecule has 0 aliphatic heterocycles. The third-order valence-electron chi connectivity index (χ3n) is 3.54. The summed E-state index contributed by atoms with van der Waals surface area (Å²) in [5, 5.41) is 0.887. The first-order chi connectivity index (χ1) is 12.8. The molecule has 0 heterocycles. The number of nitrogens with one attached hydrogen (secondary N) is 1. The third kappa shape index (κ3) is 5.71. The molecule has 0 amide bonds. The Labute approximate surface area is 167 Å². The highest BCUT2D eigenvalue weighted by atomic mass is 35.5. The summed E-state index contributed by atoms with van der Waals surface area (Å²) in [6.45, 7) is -0.0127. The summed E-state index contributed by atoms with van der Waals surface area (Å²) < 4.78 is 36.5. The molecule has 27 heavy (non-hydrogen) atoms. The fourth-order valence-electron chi connectivity index (χ4n) is 2.12. The van der Waals surface area contributed by atoms with Crippen LogP contribution in [0.5, 0.6) is 5.75 Å². The van der Waals surface area contributed by atoms with Crippen molar-refractivity contribution in [2.75, 3.05) is 14.2 Å². The van der Waals surface area contributed by atoms with Crippen molar-refractivity contribution in [1.82, 2.24) is 4.72 Å². The minimum Gasteiger partial charge on any atom is -0.495 e. The quantitative estimate of drug-likeness (QED) is 0.536. The number of carbonyl (C=O) groups is 1. The van der Waals surface area contributed by atoms with Crippen molar-refractivity contribution in [2.45, 2.75) is 11.5 Å². The van der Waals surface area contributed by atoms with E-state index in [2.05, 4.69) is 4.72 Å². The first-order valence-corrected chi connectivity index (χ1v) is 9.91. The van der Waals surface area contributed by atoms with Crippen LogP contribution in [0, 0.1) is 0 Å². The molecular weight excluding hydrogens is 413 g/mol. The molecule has 0 fully saturated rings. The van der Waals surface area contributed by atoms with E-state index in [0.29, 0.717) is 21.2 Å². The number of esters is 1. The molecule has 0 aromatic heterocycles. The van der Waals surface area contributed by atoms with Crippen molar-refractivity contribution < 1.29 is 22.7 Å². The fraction of sp³-hybridized carbons (Fsp3) is 0.167. The minimum atomic E-state index is -3.71. The minimum absolute atomic E-state index is 0.0127. The average molecular weight is 430 g/mol. The zero-order valence-corrected chi connectivity index (χ0v) is 16.9. The van der Waals surface area contributed by atoms with E-state index in [-0.39, 0.29) is 17.3 Å². The Bertz CT molecular complexity index is 974. The van der Waals surface area contributed by atoms with Gasteiger partial charge in [0.1, 0.15) is 17.3 Å². The molecule has 0 bridgehead atoms. The number of halogens is 2. The van der Waals surface area contributed by atoms with Crippen molar-refractivity contribution >= 4 is 45.3 Å². The number of hydrogen-bond acceptors (Lipinski definition) is 5. The maximum absolute atomic E-state index is 12.1. The van der Waals surface area contributed by atoms with Gasteiger partial charge in [-0.2, -0.15) is 0 Å². The van der Waals surface area contributed by atoms with Crippen molar-refractivity contribution in [3.05, 3.63) is 63.6 Å². The van der Waals surface area contributed by atoms with E-state index in [0.717, 1.165) is 0 Å². The van der Waals surface area contributed by atoms with Crippen LogP contribution in [0.1, 0.15) is 11.1 Å². The Morgan fingerprint density at radius 1 is 1.19 bits per heavy atom. The number of sulfonamides is 1. The van der Waals surface area contributed by atoms with E-state index >= 15 is 0 Å². The number of hydrogen-bond donors (Lipinski definition) is 1. The highest BCUT2D eigenvalue weighted by Gasteiger charge is 2.17. The largest absolute Gasteiger partial charge is 0.495 e. The highest BCUT2D eigenvalue weighted by Crippen LogP contribution is 2.25. The summed E-state index contributed by atoms with van der Waals surface area (Å²) in [5.41, 5.74) is 1.11. The molecule has 0 aliphatic carbocycles. The maximum Gasteiger partial charge on any atom is 0.331 e. The lowest BCUT2D eigenvalue weighted by Gasteiger charge is -2.09. The lowest BCUT2D eigenvalue weighted by molar-refractivity contribution is -0.138. The lowest BCUT2D eigenvalue weighted by Crippen LogP contribution is -2.19. The van der Waals surface area contributed by atoms with Gasteiger partial charge in [-0.25, -0.2) is 17.9 Å². The number of benzene rings is 2. The molecule has 2 aromatic rings. The molecule has 1 N–H and O–H groups in total. The van der Waals surface area contributed by atoms with Crippen LogP contribution < -0.4 is 9.46 Å². The monoisotopic (exact) mass is 429 g/mol. The number of carbonyl (C=O) groups excluding carboxylic acids is 1. The van der Waals surface area contributed by atoms with Crippen molar-refractivity contribution in [1.29, 1.82) is 0 Å². The molecule has 0 spiro atoms. The van der Waals surface area contributed by atoms with Crippen LogP contribution in [-0.2, 0) is 26.2 Å². The molecule has 0 saturated heterocycles. The number of methoxy groups -OCH3 is 1. The van der Waals surface area contributed by atoms with E-state index < -0.39 is 16.0 Å². The fourth-order valence-corrected chi connectivity index (χ4v) is 3.51. The second-order valence-corrected chi connectivity index (χ2v) is 7.99. The van der Waals surface area contributed by atoms with Gasteiger partial charge in [0.25, 0.3) is 0 Å². The molecule has 0 atom stereocenters. The van der Waals surface area contributed by atoms with Gasteiger partial charge in [-0.1, -0.05) is 35.3 Å². The second kappa shape index (κ2) is 9.23. The van der Waals surface area contributed by atoms with Gasteiger partial charge in [0.15, 0.2) is 0 Å². The second-order valence-electron chi connectivity index (χ2n) is 5.29. The number of ether oxygens (including phenoxy) is 2. The van der Waals surface area contributed by atoms with Crippen LogP contribution in [-0.4, -0.2) is 28.5 Å². The van der Waals surface area contributed by atoms with Gasteiger partial charge in [0.2, 0.25) is 10.0 Å². The highest BCUT2D eigenvalue weighted by molar-refractivity contribution is 7.89. The standard InChI is InChI=1S/C18H17Cl2NO5S/c1-21-27(23,24)17-9-12(3-7-16(17)25-2)4-8-18(22)26-11-13-5-6-14(19)10-15(13)20/h3-10,21H,11H2,1-2H3/b8-4+. The van der Waals surface area contributed by atoms with Gasteiger partial charge in [-0.05, 0) is 43.0 Å². The first-order valence-electron chi connectivity index (χ1n) is 7.67. The SMILES string of the molecule is CNS(=O)(=O)c1cc(/C=C/C(=O)OCc2ccc(Cl)cc2Cl)ccc1OC. The Hall–Kier alpha value is -2.06. The van der Waals surface area contributed by atoms with Gasteiger partial charge < -0.3 is 9.47 Å². The number of rotatable bonds is 7. The topological polar surface area (TPSA) is 81.7 Å². The lowest BCUT2D eigenvalue weighted by atomic mass is 10.2. The maximum atomic E-state index is 12.1. The molecule has 2 rings (SSSR count). The van der Waals surface area contributed by atoms with Crippen LogP contribution in [0.2, 0.25) is 10.0 Å². The van der Waals surface area contributed by atoms with Gasteiger partial charge in [0.05, 0.1) is 7.11 Å². The normalized spacial score (nSPS) is 11.6. The summed E-state index contributed by atoms with van der Waals surface area (Å²) >= 11 is 11.8. The Morgan fingerprint density at radius 3 is 2.56 bits per heavy atom. The van der Waals surface area contributed by atoms with Crippen molar-refractivity contribution in [3.63, 3.8) is 0 Å². The molecule has 0 radical (unpaired) electrons. The van der Waals surface area contributed by atoms with Crippen LogP contribution >= 0.6 is 23.2 Å². The zero-order valence-electron chi connectivity index (χ0n) is 14.5. The summed E-state index contributed by atoms with van der Waals surface area (Å²) in [6.07, 6.45) is 2.64. The van der Waals surface area contributed by atoms with Crippen molar-refractivity contribution in [2.24, 2.45) is 0 Å². The Balaban J connectivity index is 2.10. The van der Waals surface area contributed by atoms with Crippen molar-refractivity contribution in [3.8, 4) is 5.75 Å². The predicted octanol–water partition coefficient (Wildman–Crippen LogP) is 3.67. The molecule has 0 aliphatic rings.